The lowest BCUT2D eigenvalue weighted by Crippen LogP contribution is -2.18. The highest BCUT2D eigenvalue weighted by molar-refractivity contribution is 6.60. The Balaban J connectivity index is 0.000000383. The van der Waals surface area contributed by atoms with Crippen molar-refractivity contribution in [2.45, 2.75) is 34.1 Å². The highest BCUT2D eigenvalue weighted by Gasteiger charge is 2.14. The number of allylic oxidation sites excluding steroid dienone is 4. The van der Waals surface area contributed by atoms with Crippen LogP contribution in [0.4, 0.5) is 0 Å². The molecule has 2 rings (SSSR count). The van der Waals surface area contributed by atoms with Crippen molar-refractivity contribution >= 4 is 14.7 Å². The van der Waals surface area contributed by atoms with Crippen LogP contribution in [0.2, 0.25) is 0 Å². The maximum Gasteiger partial charge on any atom is 0.0713 e. The Morgan fingerprint density at radius 1 is 1.00 bits per heavy atom. The van der Waals surface area contributed by atoms with Gasteiger partial charge in [0, 0.05) is 5.54 Å². The molecule has 0 heterocycles. The molecule has 0 saturated heterocycles. The molecule has 115 valence electrons. The lowest BCUT2D eigenvalue weighted by Gasteiger charge is -2.07. The summed E-state index contributed by atoms with van der Waals surface area (Å²) in [5, 5.41) is 4.64. The van der Waals surface area contributed by atoms with Crippen molar-refractivity contribution in [2.75, 3.05) is 13.1 Å². The molecule has 21 heavy (non-hydrogen) atoms. The summed E-state index contributed by atoms with van der Waals surface area (Å²) in [7, 11) is -0.253. The highest BCUT2D eigenvalue weighted by atomic mass is 28.2. The Morgan fingerprint density at radius 2 is 1.67 bits per heavy atom. The first-order valence-corrected chi connectivity index (χ1v) is 9.62. The van der Waals surface area contributed by atoms with E-state index in [2.05, 4.69) is 81.6 Å². The Kier molecular flexibility index (Phi) is 9.03. The summed E-state index contributed by atoms with van der Waals surface area (Å²) < 4.78 is 0. The second-order valence-electron chi connectivity index (χ2n) is 5.48. The van der Waals surface area contributed by atoms with E-state index in [-0.39, 0.29) is 9.52 Å². The van der Waals surface area contributed by atoms with Crippen molar-refractivity contribution in [3.63, 3.8) is 0 Å². The average Bonchev–Trinajstić information content (AvgIpc) is 2.97. The van der Waals surface area contributed by atoms with Gasteiger partial charge in [-0.3, -0.25) is 0 Å². The summed E-state index contributed by atoms with van der Waals surface area (Å²) >= 11 is 0. The van der Waals surface area contributed by atoms with Crippen LogP contribution in [0.1, 0.15) is 34.1 Å². The van der Waals surface area contributed by atoms with E-state index in [0.29, 0.717) is 5.92 Å². The predicted molar refractivity (Wildman–Crippen MR) is 98.8 cm³/mol. The largest absolute Gasteiger partial charge is 0.317 e. The van der Waals surface area contributed by atoms with Gasteiger partial charge in [-0.25, -0.2) is 0 Å². The van der Waals surface area contributed by atoms with Crippen LogP contribution in [-0.2, 0) is 0 Å². The fourth-order valence-corrected chi connectivity index (χ4v) is 3.80. The van der Waals surface area contributed by atoms with Gasteiger partial charge in [-0.15, -0.1) is 0 Å². The van der Waals surface area contributed by atoms with Gasteiger partial charge >= 0.3 is 0 Å². The standard InChI is InChI=1S/C15H19Si.C4H11N/c1-3-12(2)13-9-10-15(11-13)16-14-7-5-4-6-8-14;1-3-5-4-2/h4-12H,3,16H2,1-2H3;5H,3-4H2,1-2H3. The molecule has 0 aliphatic heterocycles. The summed E-state index contributed by atoms with van der Waals surface area (Å²) in [6, 6.07) is 10.9. The molecule has 1 atom stereocenters. The predicted octanol–water partition coefficient (Wildman–Crippen LogP) is 3.17. The SMILES string of the molecule is CCC(C)C1=C[C]([SiH2]c2ccccc2)C=C1.CCNCC. The summed E-state index contributed by atoms with van der Waals surface area (Å²) in [5.41, 5.74) is 3.09. The molecule has 0 saturated carbocycles. The molecule has 1 aromatic carbocycles. The van der Waals surface area contributed by atoms with Gasteiger partial charge in [0.25, 0.3) is 0 Å². The van der Waals surface area contributed by atoms with E-state index in [0.717, 1.165) is 13.1 Å². The molecule has 1 aliphatic carbocycles. The molecule has 1 aromatic rings. The summed E-state index contributed by atoms with van der Waals surface area (Å²) in [4.78, 5) is 0. The molecular formula is C19H30NSi. The third kappa shape index (κ3) is 6.92. The van der Waals surface area contributed by atoms with Crippen molar-refractivity contribution in [3.8, 4) is 0 Å². The maximum atomic E-state index is 3.11. The maximum absolute atomic E-state index is 3.11. The molecule has 0 fully saturated rings. The van der Waals surface area contributed by atoms with E-state index in [9.17, 15) is 0 Å². The van der Waals surface area contributed by atoms with Crippen LogP contribution in [-0.4, -0.2) is 22.6 Å². The number of hydrogen-bond acceptors (Lipinski definition) is 1. The van der Waals surface area contributed by atoms with E-state index in [1.54, 1.807) is 5.54 Å². The van der Waals surface area contributed by atoms with Gasteiger partial charge < -0.3 is 5.32 Å². The normalized spacial score (nSPS) is 15.9. The van der Waals surface area contributed by atoms with Crippen LogP contribution in [0, 0.1) is 11.5 Å². The quantitative estimate of drug-likeness (QED) is 0.796. The zero-order valence-electron chi connectivity index (χ0n) is 14.0. The van der Waals surface area contributed by atoms with E-state index >= 15 is 0 Å². The first-order valence-electron chi connectivity index (χ1n) is 8.21. The minimum Gasteiger partial charge on any atom is -0.317 e. The lowest BCUT2D eigenvalue weighted by molar-refractivity contribution is 0.672. The molecule has 1 nitrogen and oxygen atoms in total. The van der Waals surface area contributed by atoms with Gasteiger partial charge in [0.2, 0.25) is 0 Å². The molecule has 1 aliphatic rings. The van der Waals surface area contributed by atoms with Gasteiger partial charge in [0.05, 0.1) is 9.52 Å². The van der Waals surface area contributed by atoms with Crippen LogP contribution in [0.25, 0.3) is 0 Å². The molecule has 1 N–H and O–H groups in total. The second-order valence-corrected chi connectivity index (χ2v) is 7.47. The third-order valence-electron chi connectivity index (χ3n) is 3.77. The number of nitrogens with one attached hydrogen (secondary N) is 1. The average molecular weight is 301 g/mol. The Morgan fingerprint density at radius 3 is 2.19 bits per heavy atom. The molecular weight excluding hydrogens is 270 g/mol. The third-order valence-corrected chi connectivity index (χ3v) is 5.50. The molecule has 0 aromatic heterocycles. The molecule has 0 bridgehead atoms. The zero-order chi connectivity index (χ0) is 15.5. The van der Waals surface area contributed by atoms with Crippen LogP contribution in [0.15, 0.2) is 54.1 Å². The molecule has 1 unspecified atom stereocenters. The highest BCUT2D eigenvalue weighted by Crippen LogP contribution is 2.24. The minimum atomic E-state index is -0.253. The summed E-state index contributed by atoms with van der Waals surface area (Å²) in [5.74, 6) is 0.707. The lowest BCUT2D eigenvalue weighted by atomic mass is 10.0. The fourth-order valence-electron chi connectivity index (χ4n) is 2.25. The Labute approximate surface area is 133 Å². The molecule has 1 radical (unpaired) electrons. The van der Waals surface area contributed by atoms with Crippen LogP contribution < -0.4 is 10.5 Å². The van der Waals surface area contributed by atoms with E-state index in [1.807, 2.05) is 0 Å². The van der Waals surface area contributed by atoms with Crippen molar-refractivity contribution in [1.82, 2.24) is 5.32 Å². The minimum absolute atomic E-state index is 0.253. The fraction of sp³-hybridized carbons (Fsp3) is 0.421. The molecule has 2 heteroatoms. The van der Waals surface area contributed by atoms with Crippen molar-refractivity contribution < 1.29 is 0 Å². The Hall–Kier alpha value is -1.12. The smallest absolute Gasteiger partial charge is 0.0713 e. The number of rotatable bonds is 6. The van der Waals surface area contributed by atoms with Crippen LogP contribution in [0.3, 0.4) is 0 Å². The van der Waals surface area contributed by atoms with Crippen LogP contribution in [0.5, 0.6) is 0 Å². The molecule has 0 amide bonds. The first kappa shape index (κ1) is 17.9. The Bertz CT molecular complexity index is 434. The van der Waals surface area contributed by atoms with Crippen molar-refractivity contribution in [2.24, 2.45) is 5.92 Å². The van der Waals surface area contributed by atoms with Gasteiger partial charge in [0.15, 0.2) is 0 Å². The van der Waals surface area contributed by atoms with E-state index in [4.69, 9.17) is 0 Å². The van der Waals surface area contributed by atoms with Gasteiger partial charge in [-0.1, -0.05) is 81.4 Å². The summed E-state index contributed by atoms with van der Waals surface area (Å²) in [6.45, 7) is 11.0. The van der Waals surface area contributed by atoms with Crippen molar-refractivity contribution in [3.05, 3.63) is 59.7 Å². The number of benzene rings is 1. The second kappa shape index (κ2) is 10.6. The monoisotopic (exact) mass is 300 g/mol. The molecule has 0 spiro atoms. The summed E-state index contributed by atoms with van der Waals surface area (Å²) in [6.07, 6.45) is 8.27. The van der Waals surface area contributed by atoms with Crippen LogP contribution >= 0.6 is 0 Å². The van der Waals surface area contributed by atoms with Gasteiger partial charge in [0.1, 0.15) is 0 Å². The van der Waals surface area contributed by atoms with Gasteiger partial charge in [-0.05, 0) is 31.0 Å². The van der Waals surface area contributed by atoms with E-state index < -0.39 is 0 Å². The zero-order valence-corrected chi connectivity index (χ0v) is 15.4. The topological polar surface area (TPSA) is 12.0 Å². The number of hydrogen-bond donors (Lipinski definition) is 1. The van der Waals surface area contributed by atoms with E-state index in [1.165, 1.54) is 17.2 Å². The van der Waals surface area contributed by atoms with Crippen molar-refractivity contribution in [1.29, 1.82) is 0 Å². The van der Waals surface area contributed by atoms with Gasteiger partial charge in [-0.2, -0.15) is 0 Å². The first-order chi connectivity index (χ1) is 10.2.